The molecule has 4 rings (SSSR count). The maximum Gasteiger partial charge on any atom is 0.291 e. The Morgan fingerprint density at radius 2 is 1.80 bits per heavy atom. The van der Waals surface area contributed by atoms with Crippen LogP contribution >= 0.6 is 0 Å². The second-order valence-electron chi connectivity index (χ2n) is 6.27. The van der Waals surface area contributed by atoms with E-state index < -0.39 is 17.6 Å². The molecule has 0 saturated heterocycles. The zero-order chi connectivity index (χ0) is 21.1. The lowest BCUT2D eigenvalue weighted by molar-refractivity contribution is 0.0993. The molecule has 4 aromatic rings. The molecule has 0 bridgehead atoms. The van der Waals surface area contributed by atoms with Gasteiger partial charge in [-0.1, -0.05) is 6.07 Å². The summed E-state index contributed by atoms with van der Waals surface area (Å²) in [7, 11) is 0. The highest BCUT2D eigenvalue weighted by molar-refractivity contribution is 6.06. The van der Waals surface area contributed by atoms with E-state index in [0.717, 1.165) is 0 Å². The zero-order valence-corrected chi connectivity index (χ0v) is 15.7. The van der Waals surface area contributed by atoms with Crippen molar-refractivity contribution in [2.75, 3.05) is 10.6 Å². The number of furan rings is 1. The number of benzene rings is 2. The molecule has 2 N–H and O–H groups in total. The molecule has 0 aliphatic heterocycles. The molecule has 0 saturated carbocycles. The van der Waals surface area contributed by atoms with E-state index in [1.807, 2.05) is 0 Å². The lowest BCUT2D eigenvalue weighted by Gasteiger charge is -2.10. The first-order valence-electron chi connectivity index (χ1n) is 8.82. The Morgan fingerprint density at radius 3 is 2.53 bits per heavy atom. The van der Waals surface area contributed by atoms with Crippen LogP contribution in [0.1, 0.15) is 26.7 Å². The van der Waals surface area contributed by atoms with E-state index in [-0.39, 0.29) is 11.4 Å². The molecule has 2 aromatic carbocycles. The van der Waals surface area contributed by atoms with Crippen LogP contribution in [-0.2, 0) is 0 Å². The zero-order valence-electron chi connectivity index (χ0n) is 15.7. The summed E-state index contributed by atoms with van der Waals surface area (Å²) in [6, 6.07) is 13.6. The van der Waals surface area contributed by atoms with E-state index in [9.17, 15) is 14.0 Å². The Hall–Kier alpha value is -4.34. The molecule has 0 aliphatic rings. The van der Waals surface area contributed by atoms with E-state index in [1.54, 1.807) is 31.2 Å². The van der Waals surface area contributed by atoms with Crippen molar-refractivity contribution in [1.82, 2.24) is 20.2 Å². The number of anilines is 2. The first-order valence-corrected chi connectivity index (χ1v) is 8.82. The van der Waals surface area contributed by atoms with E-state index in [4.69, 9.17) is 4.42 Å². The number of aryl methyl sites for hydroxylation is 1. The van der Waals surface area contributed by atoms with Crippen molar-refractivity contribution in [1.29, 1.82) is 0 Å². The number of halogens is 1. The molecule has 150 valence electrons. The lowest BCUT2D eigenvalue weighted by Crippen LogP contribution is -2.14. The van der Waals surface area contributed by atoms with Gasteiger partial charge in [0, 0.05) is 16.9 Å². The molecule has 0 unspecified atom stereocenters. The summed E-state index contributed by atoms with van der Waals surface area (Å²) < 4.78 is 20.5. The molecule has 0 atom stereocenters. The first kappa shape index (κ1) is 19.0. The van der Waals surface area contributed by atoms with Crippen molar-refractivity contribution in [3.05, 3.63) is 83.8 Å². The number of aromatic nitrogens is 4. The van der Waals surface area contributed by atoms with Crippen molar-refractivity contribution >= 4 is 23.2 Å². The highest BCUT2D eigenvalue weighted by atomic mass is 19.1. The number of hydrogen-bond donors (Lipinski definition) is 2. The first-order chi connectivity index (χ1) is 14.5. The van der Waals surface area contributed by atoms with Crippen molar-refractivity contribution < 1.29 is 18.4 Å². The molecule has 0 fully saturated rings. The van der Waals surface area contributed by atoms with Crippen LogP contribution in [0.5, 0.6) is 0 Å². The normalized spacial score (nSPS) is 10.6. The van der Waals surface area contributed by atoms with Crippen LogP contribution in [0.15, 0.2) is 65.3 Å². The van der Waals surface area contributed by atoms with E-state index in [0.29, 0.717) is 22.8 Å². The largest absolute Gasteiger partial charge is 0.459 e. The van der Waals surface area contributed by atoms with E-state index in [1.165, 1.54) is 41.3 Å². The Labute approximate surface area is 169 Å². The second-order valence-corrected chi connectivity index (χ2v) is 6.27. The quantitative estimate of drug-likeness (QED) is 0.526. The number of carbonyl (C=O) groups excluding carboxylic acids is 2. The van der Waals surface area contributed by atoms with Gasteiger partial charge in [-0.3, -0.25) is 9.59 Å². The topological polar surface area (TPSA) is 115 Å². The average Bonchev–Trinajstić information content (AvgIpc) is 3.42. The number of carbonyl (C=O) groups is 2. The van der Waals surface area contributed by atoms with Gasteiger partial charge in [-0.2, -0.15) is 4.68 Å². The summed E-state index contributed by atoms with van der Waals surface area (Å²) in [5.74, 6) is -0.849. The maximum atomic E-state index is 14.2. The van der Waals surface area contributed by atoms with Crippen molar-refractivity contribution in [2.45, 2.75) is 6.92 Å². The van der Waals surface area contributed by atoms with Crippen LogP contribution in [0.25, 0.3) is 5.69 Å². The highest BCUT2D eigenvalue weighted by Gasteiger charge is 2.14. The summed E-state index contributed by atoms with van der Waals surface area (Å²) in [5, 5.41) is 16.3. The summed E-state index contributed by atoms with van der Waals surface area (Å²) in [4.78, 5) is 24.7. The third kappa shape index (κ3) is 3.92. The van der Waals surface area contributed by atoms with Crippen molar-refractivity contribution in [2.24, 2.45) is 0 Å². The maximum absolute atomic E-state index is 14.2. The summed E-state index contributed by atoms with van der Waals surface area (Å²) in [5.41, 5.74) is 1.19. The van der Waals surface area contributed by atoms with Gasteiger partial charge in [0.05, 0.1) is 6.26 Å². The molecule has 0 spiro atoms. The van der Waals surface area contributed by atoms with E-state index >= 15 is 0 Å². The number of hydrogen-bond acceptors (Lipinski definition) is 6. The van der Waals surface area contributed by atoms with Gasteiger partial charge in [0.1, 0.15) is 11.5 Å². The smallest absolute Gasteiger partial charge is 0.291 e. The molecule has 2 amide bonds. The second kappa shape index (κ2) is 7.95. The molecule has 10 heteroatoms. The Balaban J connectivity index is 1.52. The Kier molecular flexibility index (Phi) is 5.04. The van der Waals surface area contributed by atoms with Gasteiger partial charge in [0.2, 0.25) is 0 Å². The van der Waals surface area contributed by atoms with Crippen LogP contribution in [-0.4, -0.2) is 32.0 Å². The van der Waals surface area contributed by atoms with Gasteiger partial charge >= 0.3 is 0 Å². The average molecular weight is 406 g/mol. The molecule has 0 radical (unpaired) electrons. The number of amides is 2. The number of nitrogens with one attached hydrogen (secondary N) is 2. The summed E-state index contributed by atoms with van der Waals surface area (Å²) in [6.07, 6.45) is 1.40. The number of tetrazole rings is 1. The van der Waals surface area contributed by atoms with Gasteiger partial charge in [-0.25, -0.2) is 4.39 Å². The van der Waals surface area contributed by atoms with Crippen molar-refractivity contribution in [3.63, 3.8) is 0 Å². The third-order valence-electron chi connectivity index (χ3n) is 4.19. The molecular weight excluding hydrogens is 391 g/mol. The predicted octanol–water partition coefficient (Wildman–Crippen LogP) is 3.21. The molecule has 30 heavy (non-hydrogen) atoms. The monoisotopic (exact) mass is 406 g/mol. The molecular formula is C20H15FN6O3. The number of rotatable bonds is 5. The summed E-state index contributed by atoms with van der Waals surface area (Å²) in [6.45, 7) is 1.63. The van der Waals surface area contributed by atoms with Gasteiger partial charge in [0.25, 0.3) is 11.8 Å². The summed E-state index contributed by atoms with van der Waals surface area (Å²) >= 11 is 0. The van der Waals surface area contributed by atoms with Crippen LogP contribution < -0.4 is 10.6 Å². The predicted molar refractivity (Wildman–Crippen MR) is 105 cm³/mol. The molecule has 2 aromatic heterocycles. The van der Waals surface area contributed by atoms with Gasteiger partial charge in [-0.15, -0.1) is 5.10 Å². The van der Waals surface area contributed by atoms with Crippen LogP contribution in [0.3, 0.4) is 0 Å². The van der Waals surface area contributed by atoms with Gasteiger partial charge < -0.3 is 15.1 Å². The fourth-order valence-electron chi connectivity index (χ4n) is 2.75. The van der Waals surface area contributed by atoms with Crippen molar-refractivity contribution in [3.8, 4) is 5.69 Å². The fraction of sp³-hybridized carbons (Fsp3) is 0.0500. The Bertz CT molecular complexity index is 1220. The molecule has 0 aliphatic carbocycles. The van der Waals surface area contributed by atoms with Gasteiger partial charge in [0.15, 0.2) is 11.6 Å². The van der Waals surface area contributed by atoms with E-state index in [2.05, 4.69) is 26.2 Å². The van der Waals surface area contributed by atoms with Crippen LogP contribution in [0, 0.1) is 12.7 Å². The minimum atomic E-state index is -0.536. The fourth-order valence-corrected chi connectivity index (χ4v) is 2.75. The minimum absolute atomic E-state index is 0.106. The standard InChI is InChI=1S/C20H15FN6O3/c1-12-24-25-26-27(12)17-11-15(7-8-16(17)21)22-19(28)13-4-2-5-14(10-13)23-20(29)18-6-3-9-30-18/h2-11H,1H3,(H,22,28)(H,23,29). The minimum Gasteiger partial charge on any atom is -0.459 e. The van der Waals surface area contributed by atoms with Crippen LogP contribution in [0.2, 0.25) is 0 Å². The number of nitrogens with zero attached hydrogens (tertiary/aromatic N) is 4. The van der Waals surface area contributed by atoms with Crippen LogP contribution in [0.4, 0.5) is 15.8 Å². The third-order valence-corrected chi connectivity index (χ3v) is 4.19. The van der Waals surface area contributed by atoms with Gasteiger partial charge in [-0.05, 0) is 65.9 Å². The molecule has 9 nitrogen and oxygen atoms in total. The SMILES string of the molecule is Cc1nnnn1-c1cc(NC(=O)c2cccc(NC(=O)c3ccco3)c2)ccc1F. The molecule has 2 heterocycles. The lowest BCUT2D eigenvalue weighted by atomic mass is 10.1. The highest BCUT2D eigenvalue weighted by Crippen LogP contribution is 2.20. The Morgan fingerprint density at radius 1 is 1.00 bits per heavy atom.